The fraction of sp³-hybridized carbons (Fsp3) is 0.167. The summed E-state index contributed by atoms with van der Waals surface area (Å²) in [4.78, 5) is 18.5. The van der Waals surface area contributed by atoms with Crippen LogP contribution >= 0.6 is 27.3 Å². The molecule has 1 aliphatic rings. The molecule has 4 rings (SSSR count). The number of hydrogen-bond donors (Lipinski definition) is 1. The molecule has 0 bridgehead atoms. The van der Waals surface area contributed by atoms with Crippen molar-refractivity contribution in [3.63, 3.8) is 0 Å². The highest BCUT2D eigenvalue weighted by molar-refractivity contribution is 9.11. The number of amides is 1. The van der Waals surface area contributed by atoms with E-state index in [9.17, 15) is 4.79 Å². The van der Waals surface area contributed by atoms with Gasteiger partial charge in [0, 0.05) is 35.8 Å². The number of carbonyl (C=O) groups excluding carboxylic acids is 1. The Balaban J connectivity index is 1.56. The third-order valence-electron chi connectivity index (χ3n) is 4.22. The molecule has 0 atom stereocenters. The van der Waals surface area contributed by atoms with E-state index < -0.39 is 0 Å². The summed E-state index contributed by atoms with van der Waals surface area (Å²) in [6.07, 6.45) is 5.14. The van der Waals surface area contributed by atoms with Crippen LogP contribution in [0.3, 0.4) is 0 Å². The number of benzene rings is 1. The Morgan fingerprint density at radius 3 is 2.83 bits per heavy atom. The van der Waals surface area contributed by atoms with Crippen LogP contribution in [0.2, 0.25) is 0 Å². The molecule has 1 amide bonds. The zero-order valence-electron chi connectivity index (χ0n) is 12.4. The highest BCUT2D eigenvalue weighted by Gasteiger charge is 2.21. The molecular formula is C18H15BrN2OS. The second-order valence-electron chi connectivity index (χ2n) is 5.58. The molecule has 0 aliphatic carbocycles. The van der Waals surface area contributed by atoms with Crippen LogP contribution in [0.4, 0.5) is 0 Å². The SMILES string of the molecule is O=C(c1ccc(Br)s1)N1CC=C(c2c[nH]c3ccccc23)CC1. The molecule has 2 aromatic heterocycles. The van der Waals surface area contributed by atoms with Crippen molar-refractivity contribution in [2.24, 2.45) is 0 Å². The van der Waals surface area contributed by atoms with Crippen molar-refractivity contribution in [3.8, 4) is 0 Å². The van der Waals surface area contributed by atoms with Crippen LogP contribution in [-0.4, -0.2) is 28.9 Å². The minimum atomic E-state index is 0.120. The smallest absolute Gasteiger partial charge is 0.264 e. The molecule has 1 aromatic carbocycles. The third kappa shape index (κ3) is 2.75. The summed E-state index contributed by atoms with van der Waals surface area (Å²) in [5, 5.41) is 1.25. The van der Waals surface area contributed by atoms with E-state index in [0.717, 1.165) is 27.1 Å². The molecule has 0 spiro atoms. The second-order valence-corrected chi connectivity index (χ2v) is 8.05. The molecule has 5 heteroatoms. The van der Waals surface area contributed by atoms with E-state index in [1.54, 1.807) is 0 Å². The lowest BCUT2D eigenvalue weighted by molar-refractivity contribution is 0.0777. The first-order valence-electron chi connectivity index (χ1n) is 7.52. The van der Waals surface area contributed by atoms with Gasteiger partial charge in [0.1, 0.15) is 0 Å². The van der Waals surface area contributed by atoms with Gasteiger partial charge in [-0.1, -0.05) is 24.3 Å². The number of rotatable bonds is 2. The first kappa shape index (κ1) is 14.7. The van der Waals surface area contributed by atoms with Crippen molar-refractivity contribution in [3.05, 3.63) is 62.9 Å². The highest BCUT2D eigenvalue weighted by Crippen LogP contribution is 2.30. The molecule has 0 saturated heterocycles. The standard InChI is InChI=1S/C18H15BrN2OS/c19-17-6-5-16(23-17)18(22)21-9-7-12(8-10-21)14-11-20-15-4-2-1-3-13(14)15/h1-7,11,20H,8-10H2. The van der Waals surface area contributed by atoms with Crippen molar-refractivity contribution in [2.75, 3.05) is 13.1 Å². The lowest BCUT2D eigenvalue weighted by atomic mass is 9.99. The summed E-state index contributed by atoms with van der Waals surface area (Å²) in [7, 11) is 0. The Morgan fingerprint density at radius 2 is 2.09 bits per heavy atom. The minimum absolute atomic E-state index is 0.120. The normalized spacial score (nSPS) is 15.0. The van der Waals surface area contributed by atoms with Gasteiger partial charge < -0.3 is 9.88 Å². The van der Waals surface area contributed by atoms with Gasteiger partial charge in [-0.05, 0) is 46.1 Å². The molecule has 0 fully saturated rings. The Labute approximate surface area is 146 Å². The van der Waals surface area contributed by atoms with Gasteiger partial charge in [-0.2, -0.15) is 0 Å². The number of hydrogen-bond acceptors (Lipinski definition) is 2. The van der Waals surface area contributed by atoms with Gasteiger partial charge in [0.2, 0.25) is 0 Å². The quantitative estimate of drug-likeness (QED) is 0.666. The Morgan fingerprint density at radius 1 is 1.22 bits per heavy atom. The number of aromatic amines is 1. The van der Waals surface area contributed by atoms with Crippen LogP contribution in [0.5, 0.6) is 0 Å². The van der Waals surface area contributed by atoms with Crippen LogP contribution in [-0.2, 0) is 0 Å². The average molecular weight is 387 g/mol. The molecule has 3 heterocycles. The van der Waals surface area contributed by atoms with Gasteiger partial charge in [-0.25, -0.2) is 0 Å². The van der Waals surface area contributed by atoms with Crippen LogP contribution in [0.15, 0.2) is 52.5 Å². The summed E-state index contributed by atoms with van der Waals surface area (Å²) in [6, 6.07) is 12.1. The van der Waals surface area contributed by atoms with Crippen molar-refractivity contribution < 1.29 is 4.79 Å². The van der Waals surface area contributed by atoms with Crippen LogP contribution < -0.4 is 0 Å². The van der Waals surface area contributed by atoms with Crippen molar-refractivity contribution in [1.29, 1.82) is 0 Å². The van der Waals surface area contributed by atoms with Gasteiger partial charge in [-0.15, -0.1) is 11.3 Å². The van der Waals surface area contributed by atoms with Crippen molar-refractivity contribution >= 4 is 49.6 Å². The molecule has 3 nitrogen and oxygen atoms in total. The maximum absolute atomic E-state index is 12.5. The summed E-state index contributed by atoms with van der Waals surface area (Å²) in [5.74, 6) is 0.120. The fourth-order valence-corrected chi connectivity index (χ4v) is 4.37. The number of nitrogens with one attached hydrogen (secondary N) is 1. The second kappa shape index (κ2) is 5.98. The molecule has 116 valence electrons. The van der Waals surface area contributed by atoms with Gasteiger partial charge in [0.05, 0.1) is 8.66 Å². The van der Waals surface area contributed by atoms with E-state index in [1.165, 1.54) is 27.9 Å². The molecule has 0 unspecified atom stereocenters. The van der Waals surface area contributed by atoms with Gasteiger partial charge in [0.15, 0.2) is 0 Å². The summed E-state index contributed by atoms with van der Waals surface area (Å²) >= 11 is 4.91. The molecule has 1 aliphatic heterocycles. The number of fused-ring (bicyclic) bond motifs is 1. The van der Waals surface area contributed by atoms with E-state index in [-0.39, 0.29) is 5.91 Å². The predicted octanol–water partition coefficient (Wildman–Crippen LogP) is 4.92. The van der Waals surface area contributed by atoms with E-state index >= 15 is 0 Å². The third-order valence-corrected chi connectivity index (χ3v) is 5.83. The molecule has 0 radical (unpaired) electrons. The molecular weight excluding hydrogens is 372 g/mol. The first-order chi connectivity index (χ1) is 11.2. The van der Waals surface area contributed by atoms with Crippen molar-refractivity contribution in [1.82, 2.24) is 9.88 Å². The maximum atomic E-state index is 12.5. The Hall–Kier alpha value is -1.85. The van der Waals surface area contributed by atoms with E-state index in [4.69, 9.17) is 0 Å². The lowest BCUT2D eigenvalue weighted by Gasteiger charge is -2.26. The zero-order valence-corrected chi connectivity index (χ0v) is 14.8. The number of carbonyl (C=O) groups is 1. The molecule has 3 aromatic rings. The largest absolute Gasteiger partial charge is 0.361 e. The number of nitrogens with zero attached hydrogens (tertiary/aromatic N) is 1. The van der Waals surface area contributed by atoms with Crippen LogP contribution in [0.25, 0.3) is 16.5 Å². The summed E-state index contributed by atoms with van der Waals surface area (Å²) < 4.78 is 0.993. The van der Waals surface area contributed by atoms with E-state index in [0.29, 0.717) is 6.54 Å². The average Bonchev–Trinajstić information content (AvgIpc) is 3.21. The molecule has 23 heavy (non-hydrogen) atoms. The monoisotopic (exact) mass is 386 g/mol. The van der Waals surface area contributed by atoms with Crippen molar-refractivity contribution in [2.45, 2.75) is 6.42 Å². The molecule has 1 N–H and O–H groups in total. The number of halogens is 1. The minimum Gasteiger partial charge on any atom is -0.361 e. The fourth-order valence-electron chi connectivity index (χ4n) is 3.02. The van der Waals surface area contributed by atoms with Crippen LogP contribution in [0, 0.1) is 0 Å². The number of para-hydroxylation sites is 1. The predicted molar refractivity (Wildman–Crippen MR) is 98.8 cm³/mol. The molecule has 0 saturated carbocycles. The lowest BCUT2D eigenvalue weighted by Crippen LogP contribution is -2.34. The summed E-state index contributed by atoms with van der Waals surface area (Å²) in [6.45, 7) is 1.43. The van der Waals surface area contributed by atoms with E-state index in [2.05, 4.69) is 51.4 Å². The van der Waals surface area contributed by atoms with Gasteiger partial charge in [0.25, 0.3) is 5.91 Å². The summed E-state index contributed by atoms with van der Waals surface area (Å²) in [5.41, 5.74) is 3.73. The number of H-pyrrole nitrogens is 1. The topological polar surface area (TPSA) is 36.1 Å². The van der Waals surface area contributed by atoms with Gasteiger partial charge >= 0.3 is 0 Å². The first-order valence-corrected chi connectivity index (χ1v) is 9.13. The Bertz CT molecular complexity index is 909. The highest BCUT2D eigenvalue weighted by atomic mass is 79.9. The number of aromatic nitrogens is 1. The maximum Gasteiger partial charge on any atom is 0.264 e. The van der Waals surface area contributed by atoms with E-state index in [1.807, 2.05) is 23.1 Å². The van der Waals surface area contributed by atoms with Crippen LogP contribution in [0.1, 0.15) is 21.7 Å². The zero-order chi connectivity index (χ0) is 15.8. The van der Waals surface area contributed by atoms with Gasteiger partial charge in [-0.3, -0.25) is 4.79 Å². The number of thiophene rings is 1. The Kier molecular flexibility index (Phi) is 3.83.